The summed E-state index contributed by atoms with van der Waals surface area (Å²) in [6.45, 7) is 8.41. The summed E-state index contributed by atoms with van der Waals surface area (Å²) in [6, 6.07) is 0. The molecule has 246 valence electrons. The molecule has 0 heterocycles. The summed E-state index contributed by atoms with van der Waals surface area (Å²) in [5, 5.41) is 3.03. The molecule has 1 N–H and O–H groups in total. The maximum atomic E-state index is 12.8. The van der Waals surface area contributed by atoms with Gasteiger partial charge in [0.2, 0.25) is 0 Å². The Morgan fingerprint density at radius 3 is 1.55 bits per heavy atom. The van der Waals surface area contributed by atoms with Crippen LogP contribution in [0.2, 0.25) is 0 Å². The van der Waals surface area contributed by atoms with Crippen LogP contribution < -0.4 is 5.32 Å². The summed E-state index contributed by atoms with van der Waals surface area (Å²) >= 11 is 0. The zero-order chi connectivity index (χ0) is 30.9. The molecule has 0 aromatic rings. The third-order valence-electron chi connectivity index (χ3n) is 8.02. The smallest absolute Gasteiger partial charge is 0.407 e. The van der Waals surface area contributed by atoms with E-state index in [1.54, 1.807) is 0 Å². The minimum atomic E-state index is -0.238. The van der Waals surface area contributed by atoms with Crippen LogP contribution in [0.4, 0.5) is 4.79 Å². The van der Waals surface area contributed by atoms with E-state index in [-0.39, 0.29) is 12.2 Å². The Morgan fingerprint density at radius 1 is 0.595 bits per heavy atom. The topological polar surface area (TPSA) is 41.6 Å². The average molecular weight is 589 g/mol. The number of unbranched alkanes of at least 4 members (excludes halogenated alkanes) is 12. The zero-order valence-electron chi connectivity index (χ0n) is 28.9. The minimum absolute atomic E-state index is 0.0225. The van der Waals surface area contributed by atoms with Gasteiger partial charge in [-0.1, -0.05) is 102 Å². The molecular weight excluding hydrogens is 516 g/mol. The van der Waals surface area contributed by atoms with Crippen molar-refractivity contribution in [3.8, 4) is 0 Å². The maximum absolute atomic E-state index is 12.8. The van der Waals surface area contributed by atoms with Crippen LogP contribution in [0.15, 0.2) is 36.5 Å². The fourth-order valence-corrected chi connectivity index (χ4v) is 5.35. The molecule has 42 heavy (non-hydrogen) atoms. The molecule has 0 spiro atoms. The van der Waals surface area contributed by atoms with Crippen LogP contribution in [-0.4, -0.2) is 44.3 Å². The largest absolute Gasteiger partial charge is 0.446 e. The van der Waals surface area contributed by atoms with Gasteiger partial charge in [0.15, 0.2) is 0 Å². The lowest BCUT2D eigenvalue weighted by Crippen LogP contribution is -2.34. The Hall–Kier alpha value is -1.55. The molecule has 0 rings (SSSR count). The summed E-state index contributed by atoms with van der Waals surface area (Å²) in [4.78, 5) is 15.0. The minimum Gasteiger partial charge on any atom is -0.446 e. The Morgan fingerprint density at radius 2 is 1.05 bits per heavy atom. The van der Waals surface area contributed by atoms with Crippen molar-refractivity contribution in [2.75, 3.05) is 27.2 Å². The number of allylic oxidation sites excluding steroid dienone is 6. The maximum Gasteiger partial charge on any atom is 0.407 e. The molecule has 2 atom stereocenters. The number of ether oxygens (including phenoxy) is 1. The first-order valence-corrected chi connectivity index (χ1v) is 18.1. The Labute approximate surface area is 263 Å². The van der Waals surface area contributed by atoms with Crippen molar-refractivity contribution in [3.63, 3.8) is 0 Å². The molecular formula is C38H72N2O2. The SMILES string of the molecule is CCCCC/C=C\CCCC(CCC/C=C\CCCCCC)C(CC/C=C\CCCCC)OC(=O)NCCCN(C)C. The highest BCUT2D eigenvalue weighted by Crippen LogP contribution is 2.26. The monoisotopic (exact) mass is 589 g/mol. The molecule has 0 aliphatic heterocycles. The van der Waals surface area contributed by atoms with Gasteiger partial charge < -0.3 is 15.0 Å². The third kappa shape index (κ3) is 28.6. The van der Waals surface area contributed by atoms with Gasteiger partial charge >= 0.3 is 6.09 Å². The van der Waals surface area contributed by atoms with Crippen LogP contribution in [0.1, 0.15) is 162 Å². The fourth-order valence-electron chi connectivity index (χ4n) is 5.35. The molecule has 0 aliphatic rings. The van der Waals surface area contributed by atoms with Gasteiger partial charge in [-0.2, -0.15) is 0 Å². The molecule has 0 aromatic heterocycles. The number of rotatable bonds is 30. The van der Waals surface area contributed by atoms with E-state index in [9.17, 15) is 4.79 Å². The second-order valence-corrected chi connectivity index (χ2v) is 12.5. The van der Waals surface area contributed by atoms with Crippen LogP contribution in [0.25, 0.3) is 0 Å². The van der Waals surface area contributed by atoms with Gasteiger partial charge in [-0.3, -0.25) is 0 Å². The highest BCUT2D eigenvalue weighted by Gasteiger charge is 2.24. The quantitative estimate of drug-likeness (QED) is 0.0670. The summed E-state index contributed by atoms with van der Waals surface area (Å²) in [6.07, 6.45) is 40.2. The van der Waals surface area contributed by atoms with E-state index >= 15 is 0 Å². The van der Waals surface area contributed by atoms with Gasteiger partial charge in [-0.15, -0.1) is 0 Å². The molecule has 4 nitrogen and oxygen atoms in total. The van der Waals surface area contributed by atoms with E-state index in [1.165, 1.54) is 89.9 Å². The predicted molar refractivity (Wildman–Crippen MR) is 186 cm³/mol. The van der Waals surface area contributed by atoms with Crippen molar-refractivity contribution in [2.45, 2.75) is 168 Å². The van der Waals surface area contributed by atoms with E-state index < -0.39 is 0 Å². The highest BCUT2D eigenvalue weighted by atomic mass is 16.6. The standard InChI is InChI=1S/C38H72N2O2/c1-6-9-12-15-18-20-23-25-28-32-36(31-27-24-22-19-16-13-10-7-2)37(33-29-26-21-17-14-11-8-3)42-38(41)39-34-30-35-40(4)5/h19-23,26,36-37H,6-18,24-25,27-35H2,1-5H3,(H,39,41)/b22-19-,23-20-,26-21-. The molecule has 0 saturated carbocycles. The molecule has 0 radical (unpaired) electrons. The lowest BCUT2D eigenvalue weighted by Gasteiger charge is -2.27. The number of alkyl carbamates (subject to hydrolysis) is 1. The van der Waals surface area contributed by atoms with Crippen molar-refractivity contribution >= 4 is 6.09 Å². The molecule has 0 aromatic carbocycles. The van der Waals surface area contributed by atoms with E-state index in [0.29, 0.717) is 12.5 Å². The predicted octanol–water partition coefficient (Wildman–Crippen LogP) is 11.6. The molecule has 0 bridgehead atoms. The molecule has 4 heteroatoms. The average Bonchev–Trinajstić information content (AvgIpc) is 2.97. The van der Waals surface area contributed by atoms with E-state index in [4.69, 9.17) is 4.74 Å². The van der Waals surface area contributed by atoms with Crippen LogP contribution >= 0.6 is 0 Å². The van der Waals surface area contributed by atoms with Crippen molar-refractivity contribution in [2.24, 2.45) is 5.92 Å². The van der Waals surface area contributed by atoms with Crippen molar-refractivity contribution in [1.29, 1.82) is 0 Å². The fraction of sp³-hybridized carbons (Fsp3) is 0.816. The number of amides is 1. The molecule has 0 saturated heterocycles. The summed E-state index contributed by atoms with van der Waals surface area (Å²) in [5.41, 5.74) is 0. The van der Waals surface area contributed by atoms with E-state index in [2.05, 4.69) is 81.5 Å². The summed E-state index contributed by atoms with van der Waals surface area (Å²) in [5.74, 6) is 0.414. The molecule has 1 amide bonds. The first kappa shape index (κ1) is 40.5. The van der Waals surface area contributed by atoms with Gasteiger partial charge in [-0.05, 0) is 123 Å². The van der Waals surface area contributed by atoms with Crippen LogP contribution in [0.5, 0.6) is 0 Å². The first-order valence-electron chi connectivity index (χ1n) is 18.1. The number of hydrogen-bond donors (Lipinski definition) is 1. The second-order valence-electron chi connectivity index (χ2n) is 12.5. The first-order chi connectivity index (χ1) is 20.5. The van der Waals surface area contributed by atoms with Crippen molar-refractivity contribution in [3.05, 3.63) is 36.5 Å². The third-order valence-corrected chi connectivity index (χ3v) is 8.02. The molecule has 2 unspecified atom stereocenters. The lowest BCUT2D eigenvalue weighted by molar-refractivity contribution is 0.0491. The number of nitrogens with one attached hydrogen (secondary N) is 1. The Balaban J connectivity index is 5.13. The van der Waals surface area contributed by atoms with E-state index in [1.807, 2.05) is 0 Å². The van der Waals surface area contributed by atoms with Crippen LogP contribution in [-0.2, 0) is 4.74 Å². The number of hydrogen-bond acceptors (Lipinski definition) is 3. The van der Waals surface area contributed by atoms with Gasteiger partial charge in [-0.25, -0.2) is 4.79 Å². The van der Waals surface area contributed by atoms with Gasteiger partial charge in [0.25, 0.3) is 0 Å². The van der Waals surface area contributed by atoms with Gasteiger partial charge in [0.05, 0.1) is 0 Å². The van der Waals surface area contributed by atoms with Crippen molar-refractivity contribution in [1.82, 2.24) is 10.2 Å². The molecule has 0 fully saturated rings. The Kier molecular flexibility index (Phi) is 31.2. The number of carbonyl (C=O) groups excluding carboxylic acids is 1. The number of carbonyl (C=O) groups is 1. The summed E-state index contributed by atoms with van der Waals surface area (Å²) < 4.78 is 6.19. The van der Waals surface area contributed by atoms with Crippen LogP contribution in [0.3, 0.4) is 0 Å². The zero-order valence-corrected chi connectivity index (χ0v) is 28.9. The van der Waals surface area contributed by atoms with Gasteiger partial charge in [0.1, 0.15) is 6.10 Å². The Bertz CT molecular complexity index is 655. The summed E-state index contributed by atoms with van der Waals surface area (Å²) in [7, 11) is 4.13. The van der Waals surface area contributed by atoms with Crippen LogP contribution in [0, 0.1) is 5.92 Å². The van der Waals surface area contributed by atoms with Crippen molar-refractivity contribution < 1.29 is 9.53 Å². The normalized spacial score (nSPS) is 13.6. The van der Waals surface area contributed by atoms with E-state index in [0.717, 1.165) is 57.9 Å². The lowest BCUT2D eigenvalue weighted by atomic mass is 9.88. The second kappa shape index (κ2) is 32.4. The highest BCUT2D eigenvalue weighted by molar-refractivity contribution is 5.67. The molecule has 0 aliphatic carbocycles. The number of nitrogens with zero attached hydrogens (tertiary/aromatic N) is 1. The van der Waals surface area contributed by atoms with Gasteiger partial charge in [0, 0.05) is 6.54 Å².